The molecule has 1 unspecified atom stereocenters. The molecular formula is C38H45N3O4. The van der Waals surface area contributed by atoms with Crippen LogP contribution in [0.1, 0.15) is 82.8 Å². The summed E-state index contributed by atoms with van der Waals surface area (Å²) in [6.07, 6.45) is 1.44. The minimum Gasteiger partial charge on any atom is -0.462 e. The van der Waals surface area contributed by atoms with Crippen LogP contribution in [-0.2, 0) is 20.9 Å². The van der Waals surface area contributed by atoms with Crippen LogP contribution >= 0.6 is 0 Å². The second-order valence-corrected chi connectivity index (χ2v) is 13.8. The monoisotopic (exact) mass is 607 g/mol. The molecule has 0 radical (unpaired) electrons. The number of hydrogen-bond donors (Lipinski definition) is 0. The second-order valence-electron chi connectivity index (χ2n) is 13.8. The Balaban J connectivity index is 1.51. The molecule has 0 N–H and O–H groups in total. The molecule has 0 spiro atoms. The number of aromatic nitrogens is 1. The van der Waals surface area contributed by atoms with Crippen LogP contribution in [-0.4, -0.2) is 51.2 Å². The molecule has 1 aliphatic heterocycles. The van der Waals surface area contributed by atoms with Crippen molar-refractivity contribution in [3.05, 3.63) is 95.8 Å². The third-order valence-electron chi connectivity index (χ3n) is 9.33. The number of carbonyl (C=O) groups excluding carboxylic acids is 2. The van der Waals surface area contributed by atoms with E-state index in [0.29, 0.717) is 29.1 Å². The van der Waals surface area contributed by atoms with Gasteiger partial charge in [-0.15, -0.1) is 0 Å². The minimum atomic E-state index is -0.382. The Morgan fingerprint density at radius 3 is 2.02 bits per heavy atom. The number of hydrogen-bond acceptors (Lipinski definition) is 6. The summed E-state index contributed by atoms with van der Waals surface area (Å²) < 4.78 is 8.34. The van der Waals surface area contributed by atoms with Gasteiger partial charge >= 0.3 is 5.97 Å². The van der Waals surface area contributed by atoms with Gasteiger partial charge < -0.3 is 14.1 Å². The molecule has 1 aliphatic rings. The van der Waals surface area contributed by atoms with Gasteiger partial charge in [0, 0.05) is 63.4 Å². The summed E-state index contributed by atoms with van der Waals surface area (Å²) in [6, 6.07) is 21.2. The lowest BCUT2D eigenvalue weighted by Crippen LogP contribution is -2.60. The van der Waals surface area contributed by atoms with E-state index < -0.39 is 0 Å². The Bertz CT molecular complexity index is 1780. The van der Waals surface area contributed by atoms with E-state index in [1.54, 1.807) is 6.92 Å². The van der Waals surface area contributed by atoms with E-state index in [-0.39, 0.29) is 34.9 Å². The highest BCUT2D eigenvalue weighted by atomic mass is 16.6. The summed E-state index contributed by atoms with van der Waals surface area (Å²) in [5.74, 6) is -0.113. The predicted octanol–water partition coefficient (Wildman–Crippen LogP) is 8.13. The van der Waals surface area contributed by atoms with Crippen molar-refractivity contribution >= 4 is 39.3 Å². The Morgan fingerprint density at radius 2 is 1.44 bits per heavy atom. The largest absolute Gasteiger partial charge is 0.462 e. The van der Waals surface area contributed by atoms with E-state index in [9.17, 15) is 9.59 Å². The molecule has 236 valence electrons. The number of oxime groups is 1. The van der Waals surface area contributed by atoms with E-state index in [1.807, 2.05) is 74.5 Å². The van der Waals surface area contributed by atoms with E-state index in [2.05, 4.69) is 62.0 Å². The highest BCUT2D eigenvalue weighted by Crippen LogP contribution is 2.39. The fraction of sp³-hybridized carbons (Fsp3) is 0.395. The van der Waals surface area contributed by atoms with Gasteiger partial charge in [-0.3, -0.25) is 14.5 Å². The molecule has 0 saturated carbocycles. The van der Waals surface area contributed by atoms with Crippen molar-refractivity contribution in [3.63, 3.8) is 0 Å². The SMILES string of the molecule is C=C(C)O/N=C(/C)c1ccc2c(c1)c1cc(C(=O)c3ccccc3)ccc1n2CC(C)C(=O)OC1CC(C)(C)N(C)C(C)(C)C1. The molecule has 0 bridgehead atoms. The Labute approximate surface area is 266 Å². The zero-order valence-electron chi connectivity index (χ0n) is 27.8. The fourth-order valence-corrected chi connectivity index (χ4v) is 6.61. The van der Waals surface area contributed by atoms with Crippen molar-refractivity contribution in [1.29, 1.82) is 0 Å². The molecule has 7 nitrogen and oxygen atoms in total. The molecule has 0 aliphatic carbocycles. The molecule has 1 saturated heterocycles. The molecule has 7 heteroatoms. The number of piperidine rings is 1. The van der Waals surface area contributed by atoms with Gasteiger partial charge in [-0.05, 0) is 84.5 Å². The highest BCUT2D eigenvalue weighted by Gasteiger charge is 2.44. The molecule has 5 rings (SSSR count). The maximum Gasteiger partial charge on any atom is 0.310 e. The summed E-state index contributed by atoms with van der Waals surface area (Å²) in [7, 11) is 2.15. The van der Waals surface area contributed by atoms with Crippen LogP contribution in [0.15, 0.2) is 84.2 Å². The molecule has 3 aromatic carbocycles. The fourth-order valence-electron chi connectivity index (χ4n) is 6.61. The van der Waals surface area contributed by atoms with Crippen molar-refractivity contribution < 1.29 is 19.2 Å². The van der Waals surface area contributed by atoms with Gasteiger partial charge in [0.25, 0.3) is 0 Å². The number of allylic oxidation sites excluding steroid dienone is 1. The standard InChI is InChI=1S/C38H45N3O4/c1-24(2)45-39-26(4)28-15-17-33-31(19-28)32-20-29(35(42)27-13-11-10-12-14-27)16-18-34(32)41(33)23-25(3)36(43)44-30-21-37(5,6)40(9)38(7,8)22-30/h10-20,25,30H,1,21-23H2,2-9H3/b39-26-. The van der Waals surface area contributed by atoms with Gasteiger partial charge in [-0.25, -0.2) is 0 Å². The zero-order chi connectivity index (χ0) is 32.7. The van der Waals surface area contributed by atoms with Crippen LogP contribution in [0.3, 0.4) is 0 Å². The predicted molar refractivity (Wildman–Crippen MR) is 182 cm³/mol. The molecule has 2 heterocycles. The van der Waals surface area contributed by atoms with Crippen LogP contribution in [0.25, 0.3) is 21.8 Å². The van der Waals surface area contributed by atoms with E-state index in [4.69, 9.17) is 9.57 Å². The molecule has 1 aromatic heterocycles. The summed E-state index contributed by atoms with van der Waals surface area (Å²) >= 11 is 0. The van der Waals surface area contributed by atoms with Gasteiger partial charge in [0.1, 0.15) is 11.9 Å². The number of esters is 1. The van der Waals surface area contributed by atoms with Crippen molar-refractivity contribution in [1.82, 2.24) is 9.47 Å². The first-order valence-electron chi connectivity index (χ1n) is 15.7. The minimum absolute atomic E-state index is 0.0388. The first kappa shape index (κ1) is 32.2. The van der Waals surface area contributed by atoms with Crippen LogP contribution in [0, 0.1) is 5.92 Å². The smallest absolute Gasteiger partial charge is 0.310 e. The first-order valence-corrected chi connectivity index (χ1v) is 15.7. The number of ketones is 1. The van der Waals surface area contributed by atoms with E-state index >= 15 is 0 Å². The quantitative estimate of drug-likeness (QED) is 0.0632. The number of ether oxygens (including phenoxy) is 1. The maximum absolute atomic E-state index is 13.6. The third kappa shape index (κ3) is 6.59. The number of benzene rings is 3. The molecular weight excluding hydrogens is 562 g/mol. The van der Waals surface area contributed by atoms with E-state index in [1.165, 1.54) is 0 Å². The number of likely N-dealkylation sites (tertiary alicyclic amines) is 1. The van der Waals surface area contributed by atoms with Crippen LogP contribution in [0.4, 0.5) is 0 Å². The van der Waals surface area contributed by atoms with Crippen LogP contribution in [0.5, 0.6) is 0 Å². The number of rotatable bonds is 9. The Morgan fingerprint density at radius 1 is 0.889 bits per heavy atom. The molecule has 0 amide bonds. The van der Waals surface area contributed by atoms with Crippen LogP contribution < -0.4 is 0 Å². The van der Waals surface area contributed by atoms with Gasteiger partial charge in [-0.2, -0.15) is 0 Å². The summed E-state index contributed by atoms with van der Waals surface area (Å²) in [5, 5.41) is 6.12. The molecule has 4 aromatic rings. The third-order valence-corrected chi connectivity index (χ3v) is 9.33. The van der Waals surface area contributed by atoms with Crippen molar-refractivity contribution in [2.45, 2.75) is 85.0 Å². The molecule has 1 fully saturated rings. The summed E-state index contributed by atoms with van der Waals surface area (Å²) in [5.41, 5.74) is 4.60. The Hall–Kier alpha value is -4.23. The maximum atomic E-state index is 13.6. The van der Waals surface area contributed by atoms with Gasteiger partial charge in [0.15, 0.2) is 5.78 Å². The average Bonchev–Trinajstić information content (AvgIpc) is 3.30. The second kappa shape index (κ2) is 12.3. The molecule has 45 heavy (non-hydrogen) atoms. The van der Waals surface area contributed by atoms with Gasteiger partial charge in [0.05, 0.1) is 11.6 Å². The highest BCUT2D eigenvalue weighted by molar-refractivity contribution is 6.16. The summed E-state index contributed by atoms with van der Waals surface area (Å²) in [6.45, 7) is 18.6. The normalized spacial score (nSPS) is 17.7. The van der Waals surface area contributed by atoms with E-state index in [0.717, 1.165) is 40.2 Å². The lowest BCUT2D eigenvalue weighted by Gasteiger charge is -2.53. The Kier molecular flexibility index (Phi) is 8.78. The van der Waals surface area contributed by atoms with Crippen LogP contribution in [0.2, 0.25) is 0 Å². The van der Waals surface area contributed by atoms with Gasteiger partial charge in [0.2, 0.25) is 0 Å². The van der Waals surface area contributed by atoms with Crippen molar-refractivity contribution in [2.24, 2.45) is 11.1 Å². The summed E-state index contributed by atoms with van der Waals surface area (Å²) in [4.78, 5) is 34.7. The number of fused-ring (bicyclic) bond motifs is 3. The lowest BCUT2D eigenvalue weighted by molar-refractivity contribution is -0.163. The average molecular weight is 608 g/mol. The topological polar surface area (TPSA) is 73.1 Å². The van der Waals surface area contributed by atoms with Gasteiger partial charge in [-0.1, -0.05) is 55.1 Å². The molecule has 1 atom stereocenters. The zero-order valence-corrected chi connectivity index (χ0v) is 27.8. The first-order chi connectivity index (χ1) is 21.2. The lowest BCUT2D eigenvalue weighted by atomic mass is 9.78. The van der Waals surface area contributed by atoms with Crippen molar-refractivity contribution in [3.8, 4) is 0 Å². The number of nitrogens with zero attached hydrogens (tertiary/aromatic N) is 3. The number of carbonyl (C=O) groups is 2. The van der Waals surface area contributed by atoms with Crippen molar-refractivity contribution in [2.75, 3.05) is 7.05 Å².